The van der Waals surface area contributed by atoms with E-state index in [9.17, 15) is 9.59 Å². The van der Waals surface area contributed by atoms with Crippen LogP contribution in [0.25, 0.3) is 0 Å². The molecule has 1 aromatic carbocycles. The van der Waals surface area contributed by atoms with Crippen molar-refractivity contribution < 1.29 is 9.59 Å². The van der Waals surface area contributed by atoms with E-state index in [1.807, 2.05) is 30.3 Å². The van der Waals surface area contributed by atoms with E-state index in [2.05, 4.69) is 15.1 Å². The zero-order valence-corrected chi connectivity index (χ0v) is 14.7. The summed E-state index contributed by atoms with van der Waals surface area (Å²) in [5.74, 6) is 1.51. The molecule has 0 aliphatic carbocycles. The molecule has 4 rings (SSSR count). The first kappa shape index (κ1) is 16.6. The second-order valence-electron chi connectivity index (χ2n) is 7.82. The van der Waals surface area contributed by atoms with Crippen molar-refractivity contribution in [1.29, 1.82) is 0 Å². The Kier molecular flexibility index (Phi) is 4.75. The van der Waals surface area contributed by atoms with Crippen LogP contribution < -0.4 is 5.32 Å². The molecule has 0 spiro atoms. The van der Waals surface area contributed by atoms with Gasteiger partial charge in [0.15, 0.2) is 0 Å². The number of rotatable bonds is 4. The van der Waals surface area contributed by atoms with Gasteiger partial charge in [0.05, 0.1) is 6.54 Å². The third kappa shape index (κ3) is 3.71. The van der Waals surface area contributed by atoms with Gasteiger partial charge in [0.2, 0.25) is 11.8 Å². The van der Waals surface area contributed by atoms with Gasteiger partial charge >= 0.3 is 0 Å². The first-order chi connectivity index (χ1) is 12.2. The van der Waals surface area contributed by atoms with E-state index in [0.29, 0.717) is 36.9 Å². The molecule has 3 heterocycles. The van der Waals surface area contributed by atoms with E-state index in [-0.39, 0.29) is 5.91 Å². The van der Waals surface area contributed by atoms with Gasteiger partial charge in [0.25, 0.3) is 0 Å². The summed E-state index contributed by atoms with van der Waals surface area (Å²) in [6.07, 6.45) is 4.11. The number of hydrogen-bond acceptors (Lipinski definition) is 3. The van der Waals surface area contributed by atoms with E-state index in [0.717, 1.165) is 44.5 Å². The minimum absolute atomic E-state index is 0.0976. The van der Waals surface area contributed by atoms with Crippen LogP contribution >= 0.6 is 0 Å². The third-order valence-corrected chi connectivity index (χ3v) is 5.96. The van der Waals surface area contributed by atoms with Gasteiger partial charge in [-0.2, -0.15) is 0 Å². The van der Waals surface area contributed by atoms with Gasteiger partial charge in [-0.25, -0.2) is 0 Å². The molecule has 3 saturated heterocycles. The Labute approximate surface area is 149 Å². The van der Waals surface area contributed by atoms with Gasteiger partial charge < -0.3 is 10.2 Å². The summed E-state index contributed by atoms with van der Waals surface area (Å²) in [5.41, 5.74) is 1.13. The number of hydrogen-bond donors (Lipinski definition) is 1. The maximum absolute atomic E-state index is 12.3. The highest BCUT2D eigenvalue weighted by Crippen LogP contribution is 2.37. The lowest BCUT2D eigenvalue weighted by atomic mass is 9.76. The van der Waals surface area contributed by atoms with Gasteiger partial charge in [-0.15, -0.1) is 0 Å². The Balaban J connectivity index is 1.31. The van der Waals surface area contributed by atoms with Crippen molar-refractivity contribution in [3.05, 3.63) is 35.9 Å². The van der Waals surface area contributed by atoms with E-state index < -0.39 is 0 Å². The zero-order chi connectivity index (χ0) is 17.2. The van der Waals surface area contributed by atoms with Crippen LogP contribution in [0.15, 0.2) is 30.3 Å². The fourth-order valence-electron chi connectivity index (χ4n) is 4.90. The molecule has 3 atom stereocenters. The Morgan fingerprint density at radius 3 is 2.84 bits per heavy atom. The van der Waals surface area contributed by atoms with Crippen LogP contribution in [-0.2, 0) is 16.1 Å². The average Bonchev–Trinajstić information content (AvgIpc) is 2.62. The molecule has 1 N–H and O–H groups in total. The molecular weight excluding hydrogens is 314 g/mol. The first-order valence-electron chi connectivity index (χ1n) is 9.51. The molecule has 3 aliphatic heterocycles. The maximum Gasteiger partial charge on any atom is 0.234 e. The smallest absolute Gasteiger partial charge is 0.234 e. The van der Waals surface area contributed by atoms with Crippen molar-refractivity contribution in [2.45, 2.75) is 38.3 Å². The molecule has 2 amide bonds. The van der Waals surface area contributed by atoms with E-state index in [1.165, 1.54) is 6.42 Å². The second kappa shape index (κ2) is 7.16. The van der Waals surface area contributed by atoms with Gasteiger partial charge in [0.1, 0.15) is 0 Å². The Hall–Kier alpha value is -1.88. The summed E-state index contributed by atoms with van der Waals surface area (Å²) in [4.78, 5) is 29.0. The Morgan fingerprint density at radius 2 is 2.00 bits per heavy atom. The summed E-state index contributed by atoms with van der Waals surface area (Å²) >= 11 is 0. The van der Waals surface area contributed by atoms with Crippen molar-refractivity contribution in [2.24, 2.45) is 11.8 Å². The molecule has 25 heavy (non-hydrogen) atoms. The summed E-state index contributed by atoms with van der Waals surface area (Å²) in [5, 5.41) is 3.03. The largest absolute Gasteiger partial charge is 0.351 e. The van der Waals surface area contributed by atoms with Crippen LogP contribution in [0, 0.1) is 11.8 Å². The van der Waals surface area contributed by atoms with Crippen LogP contribution in [0.5, 0.6) is 0 Å². The molecule has 5 heteroatoms. The highest BCUT2D eigenvalue weighted by molar-refractivity contribution is 5.78. The molecule has 3 aliphatic rings. The van der Waals surface area contributed by atoms with E-state index in [1.54, 1.807) is 0 Å². The first-order valence-corrected chi connectivity index (χ1v) is 9.51. The highest BCUT2D eigenvalue weighted by atomic mass is 16.2. The Bertz CT molecular complexity index is 633. The summed E-state index contributed by atoms with van der Waals surface area (Å²) < 4.78 is 0. The maximum atomic E-state index is 12.3. The monoisotopic (exact) mass is 341 g/mol. The zero-order valence-electron chi connectivity index (χ0n) is 14.7. The van der Waals surface area contributed by atoms with Crippen LogP contribution in [-0.4, -0.2) is 53.8 Å². The number of piperidine rings is 3. The summed E-state index contributed by atoms with van der Waals surface area (Å²) in [7, 11) is 0. The summed E-state index contributed by atoms with van der Waals surface area (Å²) in [6.45, 7) is 3.84. The molecule has 5 nitrogen and oxygen atoms in total. The molecule has 2 unspecified atom stereocenters. The predicted molar refractivity (Wildman–Crippen MR) is 95.7 cm³/mol. The highest BCUT2D eigenvalue weighted by Gasteiger charge is 2.43. The predicted octanol–water partition coefficient (Wildman–Crippen LogP) is 1.64. The molecule has 2 bridgehead atoms. The number of amides is 2. The molecule has 1 aromatic rings. The summed E-state index contributed by atoms with van der Waals surface area (Å²) in [6, 6.07) is 10.4. The van der Waals surface area contributed by atoms with Crippen molar-refractivity contribution >= 4 is 11.8 Å². The molecule has 0 saturated carbocycles. The number of carbonyl (C=O) groups is 2. The van der Waals surface area contributed by atoms with Crippen LogP contribution in [0.2, 0.25) is 0 Å². The number of nitrogens with zero attached hydrogens (tertiary/aromatic N) is 2. The fraction of sp³-hybridized carbons (Fsp3) is 0.600. The molecular formula is C20H27N3O2. The topological polar surface area (TPSA) is 52.7 Å². The standard InChI is InChI=1S/C20H27N3O2/c24-19(21-10-15-5-2-1-3-6-15)14-22-11-16-9-17(13-22)18-7-4-8-20(25)23(18)12-16/h1-3,5-6,16-18H,4,7-14H2,(H,21,24)/t16?,17?,18-/m1/s1. The third-order valence-electron chi connectivity index (χ3n) is 5.96. The quantitative estimate of drug-likeness (QED) is 0.906. The van der Waals surface area contributed by atoms with Crippen LogP contribution in [0.1, 0.15) is 31.2 Å². The normalized spacial score (nSPS) is 29.2. The van der Waals surface area contributed by atoms with Crippen molar-refractivity contribution in [1.82, 2.24) is 15.1 Å². The molecule has 0 aromatic heterocycles. The number of benzene rings is 1. The lowest BCUT2D eigenvalue weighted by Gasteiger charge is -2.52. The lowest BCUT2D eigenvalue weighted by molar-refractivity contribution is -0.145. The lowest BCUT2D eigenvalue weighted by Crippen LogP contribution is -2.61. The van der Waals surface area contributed by atoms with Gasteiger partial charge in [-0.05, 0) is 36.7 Å². The van der Waals surface area contributed by atoms with Gasteiger partial charge in [-0.3, -0.25) is 14.5 Å². The number of carbonyl (C=O) groups excluding carboxylic acids is 2. The SMILES string of the molecule is O=C(CN1CC2CC(C1)[C@H]1CCCC(=O)N1C2)NCc1ccccc1. The van der Waals surface area contributed by atoms with E-state index in [4.69, 9.17) is 0 Å². The van der Waals surface area contributed by atoms with Gasteiger partial charge in [0, 0.05) is 38.6 Å². The van der Waals surface area contributed by atoms with E-state index >= 15 is 0 Å². The average molecular weight is 341 g/mol. The minimum Gasteiger partial charge on any atom is -0.351 e. The number of fused-ring (bicyclic) bond motifs is 4. The van der Waals surface area contributed by atoms with Crippen molar-refractivity contribution in [3.63, 3.8) is 0 Å². The second-order valence-corrected chi connectivity index (χ2v) is 7.82. The number of likely N-dealkylation sites (tertiary alicyclic amines) is 1. The van der Waals surface area contributed by atoms with Crippen molar-refractivity contribution in [2.75, 3.05) is 26.2 Å². The van der Waals surface area contributed by atoms with Crippen LogP contribution in [0.3, 0.4) is 0 Å². The number of nitrogens with one attached hydrogen (secondary N) is 1. The Morgan fingerprint density at radius 1 is 1.16 bits per heavy atom. The fourth-order valence-corrected chi connectivity index (χ4v) is 4.90. The molecule has 0 radical (unpaired) electrons. The molecule has 3 fully saturated rings. The van der Waals surface area contributed by atoms with Crippen LogP contribution in [0.4, 0.5) is 0 Å². The minimum atomic E-state index is 0.0976. The molecule has 134 valence electrons. The van der Waals surface area contributed by atoms with Gasteiger partial charge in [-0.1, -0.05) is 30.3 Å². The van der Waals surface area contributed by atoms with Crippen molar-refractivity contribution in [3.8, 4) is 0 Å².